The summed E-state index contributed by atoms with van der Waals surface area (Å²) >= 11 is 1.64. The number of hydrogen-bond donors (Lipinski definition) is 1. The number of benzene rings is 3. The van der Waals surface area contributed by atoms with Crippen molar-refractivity contribution in [2.45, 2.75) is 19.1 Å². The summed E-state index contributed by atoms with van der Waals surface area (Å²) in [5, 5.41) is 6.88. The van der Waals surface area contributed by atoms with Crippen LogP contribution in [-0.4, -0.2) is 10.9 Å². The molecular weight excluding hydrogens is 473 g/mol. The lowest BCUT2D eigenvalue weighted by molar-refractivity contribution is -0.137. The molecule has 1 N–H and O–H groups in total. The number of para-hydroxylation sites is 1. The molecule has 8 heteroatoms. The van der Waals surface area contributed by atoms with Gasteiger partial charge in [0.1, 0.15) is 11.3 Å². The lowest BCUT2D eigenvalue weighted by Crippen LogP contribution is -2.26. The summed E-state index contributed by atoms with van der Waals surface area (Å²) in [6.07, 6.45) is -2.94. The molecule has 1 atom stereocenters. The van der Waals surface area contributed by atoms with Crippen LogP contribution < -0.4 is 10.1 Å². The molecule has 2 aromatic heterocycles. The number of nitrogens with zero attached hydrogens (tertiary/aromatic N) is 1. The van der Waals surface area contributed by atoms with E-state index >= 15 is 0 Å². The highest BCUT2D eigenvalue weighted by molar-refractivity contribution is 7.17. The summed E-state index contributed by atoms with van der Waals surface area (Å²) in [7, 11) is 0. The Hall–Kier alpha value is -3.91. The van der Waals surface area contributed by atoms with Crippen molar-refractivity contribution in [3.05, 3.63) is 101 Å². The Morgan fingerprint density at radius 2 is 1.74 bits per heavy atom. The maximum Gasteiger partial charge on any atom is 0.416 e. The van der Waals surface area contributed by atoms with Crippen molar-refractivity contribution in [1.82, 2.24) is 10.3 Å². The van der Waals surface area contributed by atoms with E-state index in [0.717, 1.165) is 27.8 Å². The van der Waals surface area contributed by atoms with Crippen molar-refractivity contribution in [1.29, 1.82) is 0 Å². The number of pyridine rings is 1. The van der Waals surface area contributed by atoms with E-state index in [1.54, 1.807) is 35.6 Å². The van der Waals surface area contributed by atoms with Crippen molar-refractivity contribution in [2.24, 2.45) is 0 Å². The van der Waals surface area contributed by atoms with Gasteiger partial charge in [-0.15, -0.1) is 11.3 Å². The molecular formula is C27H19F3N2O2S. The highest BCUT2D eigenvalue weighted by Gasteiger charge is 2.30. The largest absolute Gasteiger partial charge is 0.455 e. The van der Waals surface area contributed by atoms with Gasteiger partial charge in [-0.05, 0) is 65.7 Å². The molecule has 5 rings (SSSR count). The van der Waals surface area contributed by atoms with E-state index in [1.165, 1.54) is 18.3 Å². The van der Waals surface area contributed by atoms with E-state index in [0.29, 0.717) is 22.2 Å². The molecule has 176 valence electrons. The first-order chi connectivity index (χ1) is 16.8. The molecule has 0 bridgehead atoms. The molecule has 0 radical (unpaired) electrons. The zero-order valence-electron chi connectivity index (χ0n) is 18.5. The Bertz CT molecular complexity index is 1530. The minimum absolute atomic E-state index is 0.199. The number of fused-ring (bicyclic) bond motifs is 2. The first-order valence-corrected chi connectivity index (χ1v) is 11.7. The van der Waals surface area contributed by atoms with Gasteiger partial charge in [-0.3, -0.25) is 9.78 Å². The van der Waals surface area contributed by atoms with Gasteiger partial charge in [0.25, 0.3) is 5.91 Å². The molecule has 0 aliphatic rings. The monoisotopic (exact) mass is 492 g/mol. The second-order valence-corrected chi connectivity index (χ2v) is 8.97. The van der Waals surface area contributed by atoms with Crippen LogP contribution in [0.3, 0.4) is 0 Å². The Kier molecular flexibility index (Phi) is 5.90. The molecule has 5 aromatic rings. The van der Waals surface area contributed by atoms with Gasteiger partial charge in [0.2, 0.25) is 0 Å². The summed E-state index contributed by atoms with van der Waals surface area (Å²) in [5.41, 5.74) is 1.20. The molecule has 1 amide bonds. The Morgan fingerprint density at radius 3 is 2.51 bits per heavy atom. The molecule has 35 heavy (non-hydrogen) atoms. The van der Waals surface area contributed by atoms with E-state index in [1.807, 2.05) is 30.5 Å². The number of ether oxygens (including phenoxy) is 1. The van der Waals surface area contributed by atoms with Crippen molar-refractivity contribution < 1.29 is 22.7 Å². The fraction of sp³-hybridized carbons (Fsp3) is 0.111. The summed E-state index contributed by atoms with van der Waals surface area (Å²) in [6, 6.07) is 19.3. The third-order valence-corrected chi connectivity index (χ3v) is 6.65. The molecule has 0 spiro atoms. The Labute approximate surface area is 203 Å². The minimum atomic E-state index is -4.41. The normalized spacial score (nSPS) is 12.6. The first kappa shape index (κ1) is 22.9. The van der Waals surface area contributed by atoms with Crippen LogP contribution in [0, 0.1) is 0 Å². The summed E-state index contributed by atoms with van der Waals surface area (Å²) in [4.78, 5) is 17.4. The van der Waals surface area contributed by atoms with Crippen molar-refractivity contribution >= 4 is 38.2 Å². The van der Waals surface area contributed by atoms with Gasteiger partial charge in [-0.2, -0.15) is 13.2 Å². The van der Waals surface area contributed by atoms with Crippen LogP contribution in [-0.2, 0) is 6.18 Å². The molecule has 3 aromatic carbocycles. The maximum atomic E-state index is 13.0. The molecule has 0 fully saturated rings. The van der Waals surface area contributed by atoms with Crippen molar-refractivity contribution in [3.63, 3.8) is 0 Å². The van der Waals surface area contributed by atoms with Gasteiger partial charge in [0.15, 0.2) is 5.75 Å². The van der Waals surface area contributed by atoms with Crippen LogP contribution in [0.25, 0.3) is 21.0 Å². The topological polar surface area (TPSA) is 51.2 Å². The summed E-state index contributed by atoms with van der Waals surface area (Å²) in [5.74, 6) is 0.382. The standard InChI is InChI=1S/C27H19F3N2O2S/c1-16(22-6-2-4-17-12-13-35-25(17)22)32-26(33)19-14-18-5-3-7-23(24(18)31-15-19)34-21-10-8-20(9-11-21)27(28,29)30/h2-16H,1H3,(H,32,33)/t16-/m0/s1. The average Bonchev–Trinajstić information content (AvgIpc) is 3.33. The molecule has 0 saturated heterocycles. The van der Waals surface area contributed by atoms with Gasteiger partial charge >= 0.3 is 6.18 Å². The van der Waals surface area contributed by atoms with Crippen molar-refractivity contribution in [3.8, 4) is 11.5 Å². The van der Waals surface area contributed by atoms with Crippen LogP contribution >= 0.6 is 11.3 Å². The van der Waals surface area contributed by atoms with Gasteiger partial charge in [-0.1, -0.05) is 30.3 Å². The zero-order chi connectivity index (χ0) is 24.6. The predicted octanol–water partition coefficient (Wildman–Crippen LogP) is 7.75. The molecule has 0 unspecified atom stereocenters. The number of thiophene rings is 1. The van der Waals surface area contributed by atoms with E-state index < -0.39 is 11.7 Å². The van der Waals surface area contributed by atoms with Crippen LogP contribution in [0.4, 0.5) is 13.2 Å². The predicted molar refractivity (Wildman–Crippen MR) is 131 cm³/mol. The van der Waals surface area contributed by atoms with Gasteiger partial charge in [-0.25, -0.2) is 0 Å². The molecule has 0 saturated carbocycles. The van der Waals surface area contributed by atoms with Gasteiger partial charge in [0.05, 0.1) is 17.2 Å². The third-order valence-electron chi connectivity index (χ3n) is 5.67. The molecule has 2 heterocycles. The lowest BCUT2D eigenvalue weighted by Gasteiger charge is -2.16. The maximum absolute atomic E-state index is 13.0. The number of aromatic nitrogens is 1. The molecule has 0 aliphatic carbocycles. The van der Waals surface area contributed by atoms with E-state index in [2.05, 4.69) is 16.4 Å². The second-order valence-electron chi connectivity index (χ2n) is 8.06. The number of carbonyl (C=O) groups excluding carboxylic acids is 1. The SMILES string of the molecule is C[C@H](NC(=O)c1cnc2c(Oc3ccc(C(F)(F)F)cc3)cccc2c1)c1cccc2ccsc12. The smallest absolute Gasteiger partial charge is 0.416 e. The van der Waals surface area contributed by atoms with Gasteiger partial charge < -0.3 is 10.1 Å². The van der Waals surface area contributed by atoms with Crippen LogP contribution in [0.15, 0.2) is 84.4 Å². The van der Waals surface area contributed by atoms with Gasteiger partial charge in [0, 0.05) is 16.3 Å². The number of halogens is 3. The van der Waals surface area contributed by atoms with E-state index in [-0.39, 0.29) is 17.7 Å². The Morgan fingerprint density at radius 1 is 1.00 bits per heavy atom. The number of hydrogen-bond acceptors (Lipinski definition) is 4. The van der Waals surface area contributed by atoms with Crippen molar-refractivity contribution in [2.75, 3.05) is 0 Å². The summed E-state index contributed by atoms with van der Waals surface area (Å²) < 4.78 is 45.3. The number of alkyl halides is 3. The number of carbonyl (C=O) groups is 1. The lowest BCUT2D eigenvalue weighted by atomic mass is 10.1. The first-order valence-electron chi connectivity index (χ1n) is 10.8. The molecule has 0 aliphatic heterocycles. The van der Waals surface area contributed by atoms with E-state index in [9.17, 15) is 18.0 Å². The third kappa shape index (κ3) is 4.70. The zero-order valence-corrected chi connectivity index (χ0v) is 19.3. The second kappa shape index (κ2) is 9.03. The van der Waals surface area contributed by atoms with E-state index in [4.69, 9.17) is 4.74 Å². The highest BCUT2D eigenvalue weighted by atomic mass is 32.1. The van der Waals surface area contributed by atoms with Crippen LogP contribution in [0.2, 0.25) is 0 Å². The van der Waals surface area contributed by atoms with Crippen LogP contribution in [0.5, 0.6) is 11.5 Å². The fourth-order valence-electron chi connectivity index (χ4n) is 3.89. The number of rotatable bonds is 5. The highest BCUT2D eigenvalue weighted by Crippen LogP contribution is 2.33. The minimum Gasteiger partial charge on any atom is -0.455 e. The average molecular weight is 493 g/mol. The summed E-state index contributed by atoms with van der Waals surface area (Å²) in [6.45, 7) is 1.94. The number of nitrogens with one attached hydrogen (secondary N) is 1. The Balaban J connectivity index is 1.36. The number of amides is 1. The molecule has 4 nitrogen and oxygen atoms in total. The quantitative estimate of drug-likeness (QED) is 0.273. The fourth-order valence-corrected chi connectivity index (χ4v) is 4.90. The van der Waals surface area contributed by atoms with Crippen LogP contribution in [0.1, 0.15) is 34.5 Å².